The summed E-state index contributed by atoms with van der Waals surface area (Å²) >= 11 is 0. The summed E-state index contributed by atoms with van der Waals surface area (Å²) in [7, 11) is 0. The number of hydrogen-bond acceptors (Lipinski definition) is 5. The lowest BCUT2D eigenvalue weighted by Gasteiger charge is -2.35. The minimum Gasteiger partial charge on any atom is -0.450 e. The molecule has 8 heteroatoms. The number of carbonyl (C=O) groups is 1. The van der Waals surface area contributed by atoms with Crippen molar-refractivity contribution in [3.05, 3.63) is 0 Å². The Kier molecular flexibility index (Phi) is 9.55. The minimum atomic E-state index is -0.223. The first kappa shape index (κ1) is 20.8. The number of nitrogens with one attached hydrogen (secondary N) is 1. The molecule has 0 aliphatic carbocycles. The Morgan fingerprint density at radius 1 is 1.23 bits per heavy atom. The topological polar surface area (TPSA) is 75.6 Å². The third kappa shape index (κ3) is 6.99. The van der Waals surface area contributed by atoms with Crippen molar-refractivity contribution in [2.45, 2.75) is 26.7 Å². The van der Waals surface area contributed by atoms with E-state index in [-0.39, 0.29) is 6.09 Å². The molecule has 2 fully saturated rings. The molecule has 0 saturated carbocycles. The zero-order valence-corrected chi connectivity index (χ0v) is 16.2. The van der Waals surface area contributed by atoms with Crippen LogP contribution in [0, 0.1) is 5.92 Å². The summed E-state index contributed by atoms with van der Waals surface area (Å²) in [6.07, 6.45) is 1.80. The molecule has 2 rings (SSSR count). The van der Waals surface area contributed by atoms with Crippen LogP contribution in [0.3, 0.4) is 0 Å². The number of guanidine groups is 1. The van der Waals surface area contributed by atoms with E-state index in [4.69, 9.17) is 19.2 Å². The van der Waals surface area contributed by atoms with Gasteiger partial charge in [0.25, 0.3) is 0 Å². The van der Waals surface area contributed by atoms with Gasteiger partial charge < -0.3 is 29.3 Å². The van der Waals surface area contributed by atoms with Crippen molar-refractivity contribution >= 4 is 12.1 Å². The predicted octanol–water partition coefficient (Wildman–Crippen LogP) is 1.17. The van der Waals surface area contributed by atoms with E-state index in [2.05, 4.69) is 17.1 Å². The Morgan fingerprint density at radius 2 is 2.00 bits per heavy atom. The highest BCUT2D eigenvalue weighted by Gasteiger charge is 2.23. The Morgan fingerprint density at radius 3 is 2.65 bits per heavy atom. The number of rotatable bonds is 8. The molecular weight excluding hydrogens is 336 g/mol. The van der Waals surface area contributed by atoms with Crippen molar-refractivity contribution in [1.82, 2.24) is 15.1 Å². The summed E-state index contributed by atoms with van der Waals surface area (Å²) in [6, 6.07) is 0. The number of aliphatic imine (C=N–C) groups is 1. The summed E-state index contributed by atoms with van der Waals surface area (Å²) in [5, 5.41) is 3.34. The summed E-state index contributed by atoms with van der Waals surface area (Å²) in [4.78, 5) is 20.4. The maximum atomic E-state index is 11.8. The average molecular weight is 370 g/mol. The van der Waals surface area contributed by atoms with Crippen LogP contribution < -0.4 is 5.32 Å². The first-order valence-electron chi connectivity index (χ1n) is 9.85. The number of piperazine rings is 1. The summed E-state index contributed by atoms with van der Waals surface area (Å²) in [5.41, 5.74) is 0. The van der Waals surface area contributed by atoms with Gasteiger partial charge in [-0.1, -0.05) is 0 Å². The van der Waals surface area contributed by atoms with Crippen LogP contribution in [0.5, 0.6) is 0 Å². The molecule has 0 aromatic carbocycles. The Hall–Kier alpha value is -1.54. The van der Waals surface area contributed by atoms with E-state index < -0.39 is 0 Å². The van der Waals surface area contributed by atoms with Crippen molar-refractivity contribution in [2.75, 3.05) is 72.3 Å². The highest BCUT2D eigenvalue weighted by molar-refractivity contribution is 5.80. The number of nitrogens with zero attached hydrogens (tertiary/aromatic N) is 3. The van der Waals surface area contributed by atoms with Crippen LogP contribution in [-0.2, 0) is 14.2 Å². The highest BCUT2D eigenvalue weighted by Crippen LogP contribution is 2.12. The smallest absolute Gasteiger partial charge is 0.409 e. The lowest BCUT2D eigenvalue weighted by molar-refractivity contribution is 0.0887. The average Bonchev–Trinajstić information content (AvgIpc) is 3.17. The molecule has 8 nitrogen and oxygen atoms in total. The van der Waals surface area contributed by atoms with E-state index in [1.54, 1.807) is 4.90 Å². The van der Waals surface area contributed by atoms with Crippen molar-refractivity contribution in [3.8, 4) is 0 Å². The van der Waals surface area contributed by atoms with Gasteiger partial charge in [-0.3, -0.25) is 4.99 Å². The molecule has 1 atom stereocenters. The third-order valence-electron chi connectivity index (χ3n) is 4.53. The van der Waals surface area contributed by atoms with E-state index in [0.717, 1.165) is 71.4 Å². The van der Waals surface area contributed by atoms with Crippen molar-refractivity contribution < 1.29 is 19.0 Å². The standard InChI is InChI=1S/C18H34N4O4/c1-3-19-17(20-7-5-12-24-14-16-6-13-25-15-16)21-8-10-22(11-9-21)18(23)26-4-2/h16H,3-15H2,1-2H3,(H,19,20). The van der Waals surface area contributed by atoms with Gasteiger partial charge in [-0.15, -0.1) is 0 Å². The molecule has 2 aliphatic heterocycles. The number of hydrogen-bond donors (Lipinski definition) is 1. The van der Waals surface area contributed by atoms with Crippen molar-refractivity contribution in [1.29, 1.82) is 0 Å². The van der Waals surface area contributed by atoms with Crippen LogP contribution in [0.1, 0.15) is 26.7 Å². The van der Waals surface area contributed by atoms with Crippen molar-refractivity contribution in [3.63, 3.8) is 0 Å². The number of amides is 1. The highest BCUT2D eigenvalue weighted by atomic mass is 16.6. The van der Waals surface area contributed by atoms with Crippen LogP contribution in [0.4, 0.5) is 4.79 Å². The molecular formula is C18H34N4O4. The van der Waals surface area contributed by atoms with Crippen molar-refractivity contribution in [2.24, 2.45) is 10.9 Å². The molecule has 150 valence electrons. The van der Waals surface area contributed by atoms with Gasteiger partial charge in [0.2, 0.25) is 0 Å². The van der Waals surface area contributed by atoms with E-state index in [0.29, 0.717) is 25.6 Å². The number of carbonyl (C=O) groups excluding carboxylic acids is 1. The normalized spacial score (nSPS) is 21.2. The van der Waals surface area contributed by atoms with E-state index >= 15 is 0 Å². The fraction of sp³-hybridized carbons (Fsp3) is 0.889. The maximum Gasteiger partial charge on any atom is 0.409 e. The lowest BCUT2D eigenvalue weighted by atomic mass is 10.1. The molecule has 0 aromatic rings. The maximum absolute atomic E-state index is 11.8. The zero-order chi connectivity index (χ0) is 18.6. The fourth-order valence-corrected chi connectivity index (χ4v) is 3.06. The molecule has 2 heterocycles. The van der Waals surface area contributed by atoms with Gasteiger partial charge in [0, 0.05) is 58.4 Å². The fourth-order valence-electron chi connectivity index (χ4n) is 3.06. The summed E-state index contributed by atoms with van der Waals surface area (Å²) in [5.74, 6) is 1.48. The molecule has 0 bridgehead atoms. The van der Waals surface area contributed by atoms with Crippen LogP contribution >= 0.6 is 0 Å². The van der Waals surface area contributed by atoms with E-state index in [9.17, 15) is 4.79 Å². The Labute approximate surface area is 156 Å². The van der Waals surface area contributed by atoms with Gasteiger partial charge >= 0.3 is 6.09 Å². The van der Waals surface area contributed by atoms with Gasteiger partial charge in [0.05, 0.1) is 19.8 Å². The molecule has 1 amide bonds. The van der Waals surface area contributed by atoms with Gasteiger partial charge in [-0.2, -0.15) is 0 Å². The minimum absolute atomic E-state index is 0.223. The molecule has 1 unspecified atom stereocenters. The lowest BCUT2D eigenvalue weighted by Crippen LogP contribution is -2.53. The summed E-state index contributed by atoms with van der Waals surface area (Å²) < 4.78 is 16.1. The van der Waals surface area contributed by atoms with E-state index in [1.807, 2.05) is 6.92 Å². The first-order valence-corrected chi connectivity index (χ1v) is 9.85. The largest absolute Gasteiger partial charge is 0.450 e. The second-order valence-electron chi connectivity index (χ2n) is 6.57. The second kappa shape index (κ2) is 12.0. The molecule has 2 saturated heterocycles. The van der Waals surface area contributed by atoms with Crippen LogP contribution in [0.15, 0.2) is 4.99 Å². The SMILES string of the molecule is CCNC(=NCCCOCC1CCOC1)N1CCN(C(=O)OCC)CC1. The molecule has 0 aromatic heterocycles. The molecule has 26 heavy (non-hydrogen) atoms. The molecule has 0 radical (unpaired) electrons. The van der Waals surface area contributed by atoms with E-state index in [1.165, 1.54) is 0 Å². The Bertz CT molecular complexity index is 433. The first-order chi connectivity index (χ1) is 12.7. The second-order valence-corrected chi connectivity index (χ2v) is 6.57. The molecule has 2 aliphatic rings. The van der Waals surface area contributed by atoms with Gasteiger partial charge in [-0.05, 0) is 26.7 Å². The van der Waals surface area contributed by atoms with Crippen LogP contribution in [0.25, 0.3) is 0 Å². The van der Waals surface area contributed by atoms with Crippen LogP contribution in [0.2, 0.25) is 0 Å². The predicted molar refractivity (Wildman–Crippen MR) is 101 cm³/mol. The van der Waals surface area contributed by atoms with Crippen LogP contribution in [-0.4, -0.2) is 94.2 Å². The molecule has 1 N–H and O–H groups in total. The van der Waals surface area contributed by atoms with Gasteiger partial charge in [-0.25, -0.2) is 4.79 Å². The monoisotopic (exact) mass is 370 g/mol. The zero-order valence-electron chi connectivity index (χ0n) is 16.2. The third-order valence-corrected chi connectivity index (χ3v) is 4.53. The van der Waals surface area contributed by atoms with Gasteiger partial charge in [0.15, 0.2) is 5.96 Å². The summed E-state index contributed by atoms with van der Waals surface area (Å²) in [6.45, 7) is 12.0. The number of ether oxygens (including phenoxy) is 3. The quantitative estimate of drug-likeness (QED) is 0.393. The molecule has 0 spiro atoms. The Balaban J connectivity index is 1.66. The van der Waals surface area contributed by atoms with Gasteiger partial charge in [0.1, 0.15) is 0 Å².